The quantitative estimate of drug-likeness (QED) is 0.848. The molecule has 0 radical (unpaired) electrons. The van der Waals surface area contributed by atoms with Crippen LogP contribution < -0.4 is 10.6 Å². The Morgan fingerprint density at radius 1 is 1.12 bits per heavy atom. The molecule has 5 heteroatoms. The third kappa shape index (κ3) is 4.03. The van der Waals surface area contributed by atoms with Crippen LogP contribution in [0.1, 0.15) is 53.9 Å². The van der Waals surface area contributed by atoms with Gasteiger partial charge in [0.1, 0.15) is 0 Å². The lowest BCUT2D eigenvalue weighted by Crippen LogP contribution is -2.32. The maximum absolute atomic E-state index is 12.6. The molecule has 0 spiro atoms. The van der Waals surface area contributed by atoms with Crippen LogP contribution in [-0.2, 0) is 4.79 Å². The normalized spacial score (nSPS) is 15.9. The van der Waals surface area contributed by atoms with Crippen LogP contribution in [0.2, 0.25) is 0 Å². The molecule has 1 fully saturated rings. The Balaban J connectivity index is 1.72. The molecule has 0 bridgehead atoms. The van der Waals surface area contributed by atoms with Crippen molar-refractivity contribution < 1.29 is 9.59 Å². The minimum Gasteiger partial charge on any atom is -0.344 e. The fourth-order valence-electron chi connectivity index (χ4n) is 3.31. The van der Waals surface area contributed by atoms with Gasteiger partial charge in [-0.3, -0.25) is 9.59 Å². The highest BCUT2D eigenvalue weighted by atomic mass is 32.1. The predicted octanol–water partition coefficient (Wildman–Crippen LogP) is 4.37. The molecule has 0 unspecified atom stereocenters. The third-order valence-electron chi connectivity index (χ3n) is 4.47. The largest absolute Gasteiger partial charge is 0.344 e. The van der Waals surface area contributed by atoms with Gasteiger partial charge in [0.15, 0.2) is 0 Å². The van der Waals surface area contributed by atoms with Crippen LogP contribution >= 0.6 is 11.3 Å². The zero-order valence-corrected chi connectivity index (χ0v) is 14.6. The summed E-state index contributed by atoms with van der Waals surface area (Å²) < 4.78 is 0. The molecule has 1 atom stereocenters. The molecule has 2 amide bonds. The monoisotopic (exact) mass is 342 g/mol. The molecule has 4 nitrogen and oxygen atoms in total. The van der Waals surface area contributed by atoms with Crippen molar-refractivity contribution in [2.75, 3.05) is 5.32 Å². The summed E-state index contributed by atoms with van der Waals surface area (Å²) in [6.07, 6.45) is 4.83. The van der Waals surface area contributed by atoms with Gasteiger partial charge in [0.05, 0.1) is 6.04 Å². The lowest BCUT2D eigenvalue weighted by atomic mass is 9.96. The van der Waals surface area contributed by atoms with Gasteiger partial charge in [-0.05, 0) is 54.5 Å². The number of rotatable bonds is 5. The van der Waals surface area contributed by atoms with Crippen molar-refractivity contribution in [3.63, 3.8) is 0 Å². The van der Waals surface area contributed by atoms with Gasteiger partial charge in [-0.15, -0.1) is 11.3 Å². The van der Waals surface area contributed by atoms with E-state index in [0.717, 1.165) is 0 Å². The van der Waals surface area contributed by atoms with Gasteiger partial charge in [-0.1, -0.05) is 18.9 Å². The van der Waals surface area contributed by atoms with Gasteiger partial charge in [0.2, 0.25) is 5.91 Å². The van der Waals surface area contributed by atoms with Crippen molar-refractivity contribution in [1.82, 2.24) is 5.32 Å². The van der Waals surface area contributed by atoms with E-state index in [9.17, 15) is 9.59 Å². The number of benzene rings is 1. The fraction of sp³-hybridized carbons (Fsp3) is 0.368. The number of thiophene rings is 1. The Kier molecular flexibility index (Phi) is 5.30. The van der Waals surface area contributed by atoms with Crippen molar-refractivity contribution in [2.24, 2.45) is 5.92 Å². The van der Waals surface area contributed by atoms with Crippen molar-refractivity contribution in [2.45, 2.75) is 38.6 Å². The van der Waals surface area contributed by atoms with E-state index in [4.69, 9.17) is 0 Å². The molecule has 0 saturated heterocycles. The van der Waals surface area contributed by atoms with E-state index < -0.39 is 0 Å². The molecule has 2 aromatic rings. The van der Waals surface area contributed by atoms with Crippen LogP contribution in [-0.4, -0.2) is 11.8 Å². The molecule has 1 aliphatic carbocycles. The average Bonchev–Trinajstić information content (AvgIpc) is 3.26. The van der Waals surface area contributed by atoms with Gasteiger partial charge in [-0.2, -0.15) is 0 Å². The molecule has 1 saturated carbocycles. The number of nitrogens with one attached hydrogen (secondary N) is 2. The first-order valence-corrected chi connectivity index (χ1v) is 9.23. The molecule has 1 heterocycles. The lowest BCUT2D eigenvalue weighted by Gasteiger charge is -2.24. The van der Waals surface area contributed by atoms with E-state index in [0.29, 0.717) is 17.2 Å². The van der Waals surface area contributed by atoms with Gasteiger partial charge >= 0.3 is 0 Å². The molecule has 2 N–H and O–H groups in total. The molecule has 24 heavy (non-hydrogen) atoms. The summed E-state index contributed by atoms with van der Waals surface area (Å²) >= 11 is 1.70. The molecule has 1 aromatic heterocycles. The highest BCUT2D eigenvalue weighted by Crippen LogP contribution is 2.37. The minimum atomic E-state index is -0.119. The smallest absolute Gasteiger partial charge is 0.251 e. The van der Waals surface area contributed by atoms with Gasteiger partial charge in [-0.25, -0.2) is 0 Å². The second kappa shape index (κ2) is 7.62. The summed E-state index contributed by atoms with van der Waals surface area (Å²) in [6, 6.07) is 11.2. The van der Waals surface area contributed by atoms with Crippen LogP contribution in [0.4, 0.5) is 5.69 Å². The Hall–Kier alpha value is -2.14. The van der Waals surface area contributed by atoms with Crippen LogP contribution in [0.25, 0.3) is 0 Å². The van der Waals surface area contributed by atoms with E-state index in [-0.39, 0.29) is 17.9 Å². The second-order valence-electron chi connectivity index (χ2n) is 6.27. The van der Waals surface area contributed by atoms with E-state index >= 15 is 0 Å². The number of anilines is 1. The SMILES string of the molecule is CC(=O)Nc1ccc(C(=O)N[C@H](c2cccs2)C2CCCC2)cc1. The zero-order chi connectivity index (χ0) is 16.9. The van der Waals surface area contributed by atoms with E-state index in [1.54, 1.807) is 35.6 Å². The Bertz CT molecular complexity index is 689. The molecule has 1 aromatic carbocycles. The van der Waals surface area contributed by atoms with Gasteiger partial charge in [0, 0.05) is 23.1 Å². The second-order valence-corrected chi connectivity index (χ2v) is 7.25. The maximum atomic E-state index is 12.6. The maximum Gasteiger partial charge on any atom is 0.251 e. The number of carbonyl (C=O) groups is 2. The highest BCUT2D eigenvalue weighted by Gasteiger charge is 2.28. The van der Waals surface area contributed by atoms with E-state index in [2.05, 4.69) is 22.1 Å². The molecule has 3 rings (SSSR count). The average molecular weight is 342 g/mol. The number of carbonyl (C=O) groups excluding carboxylic acids is 2. The van der Waals surface area contributed by atoms with Crippen LogP contribution in [0.15, 0.2) is 41.8 Å². The van der Waals surface area contributed by atoms with E-state index in [1.165, 1.54) is 37.5 Å². The van der Waals surface area contributed by atoms with Gasteiger partial charge in [0.25, 0.3) is 5.91 Å². The topological polar surface area (TPSA) is 58.2 Å². The number of amides is 2. The summed E-state index contributed by atoms with van der Waals surface area (Å²) in [5.41, 5.74) is 1.31. The summed E-state index contributed by atoms with van der Waals surface area (Å²) in [4.78, 5) is 24.9. The highest BCUT2D eigenvalue weighted by molar-refractivity contribution is 7.10. The predicted molar refractivity (Wildman–Crippen MR) is 97.2 cm³/mol. The van der Waals surface area contributed by atoms with Crippen LogP contribution in [0.5, 0.6) is 0 Å². The molecule has 1 aliphatic rings. The Labute approximate surface area is 146 Å². The van der Waals surface area contributed by atoms with Crippen LogP contribution in [0, 0.1) is 5.92 Å². The zero-order valence-electron chi connectivity index (χ0n) is 13.7. The van der Waals surface area contributed by atoms with Crippen molar-refractivity contribution in [3.8, 4) is 0 Å². The Morgan fingerprint density at radius 2 is 1.83 bits per heavy atom. The summed E-state index contributed by atoms with van der Waals surface area (Å²) in [6.45, 7) is 1.47. The first-order valence-electron chi connectivity index (χ1n) is 8.35. The third-order valence-corrected chi connectivity index (χ3v) is 5.43. The molecule has 0 aliphatic heterocycles. The molecule has 126 valence electrons. The summed E-state index contributed by atoms with van der Waals surface area (Å²) in [5, 5.41) is 7.99. The number of hydrogen-bond acceptors (Lipinski definition) is 3. The number of hydrogen-bond donors (Lipinski definition) is 2. The summed E-state index contributed by atoms with van der Waals surface area (Å²) in [7, 11) is 0. The Morgan fingerprint density at radius 3 is 2.42 bits per heavy atom. The fourth-order valence-corrected chi connectivity index (χ4v) is 4.18. The standard InChI is InChI=1S/C19H22N2O2S/c1-13(22)20-16-10-8-15(9-11-16)19(23)21-18(14-5-2-3-6-14)17-7-4-12-24-17/h4,7-12,14,18H,2-3,5-6H2,1H3,(H,20,22)(H,21,23)/t18-/m0/s1. The van der Waals surface area contributed by atoms with Crippen molar-refractivity contribution in [1.29, 1.82) is 0 Å². The summed E-state index contributed by atoms with van der Waals surface area (Å²) in [5.74, 6) is 0.340. The van der Waals surface area contributed by atoms with Crippen LogP contribution in [0.3, 0.4) is 0 Å². The minimum absolute atomic E-state index is 0.0605. The van der Waals surface area contributed by atoms with Crippen molar-refractivity contribution >= 4 is 28.8 Å². The first kappa shape index (κ1) is 16.7. The van der Waals surface area contributed by atoms with Crippen molar-refractivity contribution in [3.05, 3.63) is 52.2 Å². The van der Waals surface area contributed by atoms with E-state index in [1.807, 2.05) is 6.07 Å². The van der Waals surface area contributed by atoms with Gasteiger partial charge < -0.3 is 10.6 Å². The molecular weight excluding hydrogens is 320 g/mol. The lowest BCUT2D eigenvalue weighted by molar-refractivity contribution is -0.114. The molecular formula is C19H22N2O2S. The first-order chi connectivity index (χ1) is 11.6.